The second-order valence-corrected chi connectivity index (χ2v) is 6.47. The van der Waals surface area contributed by atoms with Crippen LogP contribution in [-0.4, -0.2) is 41.6 Å². The molecule has 2 N–H and O–H groups in total. The molecule has 1 aromatic heterocycles. The molecule has 1 saturated heterocycles. The second-order valence-electron chi connectivity index (χ2n) is 4.60. The lowest BCUT2D eigenvalue weighted by atomic mass is 10.2. The Bertz CT molecular complexity index is 738. The number of hydrogen-bond donors (Lipinski definition) is 1. The predicted molar refractivity (Wildman–Crippen MR) is 72.0 cm³/mol. The number of aromatic nitrogens is 2. The van der Waals surface area contributed by atoms with Gasteiger partial charge in [-0.25, -0.2) is 4.79 Å². The minimum atomic E-state index is -5.81. The van der Waals surface area contributed by atoms with Gasteiger partial charge >= 0.3 is 21.3 Å². The summed E-state index contributed by atoms with van der Waals surface area (Å²) in [5, 5.41) is 0. The van der Waals surface area contributed by atoms with E-state index in [9.17, 15) is 26.4 Å². The molecule has 2 rings (SSSR count). The number of nitrogens with zero attached hydrogens (tertiary/aromatic N) is 2. The molecule has 0 amide bonds. The van der Waals surface area contributed by atoms with E-state index in [1.54, 1.807) is 0 Å². The maximum absolute atomic E-state index is 12.4. The number of halogens is 4. The van der Waals surface area contributed by atoms with Crippen LogP contribution in [0.5, 0.6) is 0 Å². The highest BCUT2D eigenvalue weighted by atomic mass is 35.5. The van der Waals surface area contributed by atoms with Crippen LogP contribution in [-0.2, 0) is 19.0 Å². The average Bonchev–Trinajstić information content (AvgIpc) is 2.79. The molecule has 0 spiro atoms. The Morgan fingerprint density at radius 2 is 2.17 bits per heavy atom. The number of hydrogen-bond acceptors (Lipinski definition) is 7. The maximum atomic E-state index is 12.4. The molecule has 1 fully saturated rings. The summed E-state index contributed by atoms with van der Waals surface area (Å²) in [4.78, 5) is 15.1. The normalized spacial score (nSPS) is 25.7. The fraction of sp³-hybridized carbons (Fsp3) is 0.600. The first kappa shape index (κ1) is 18.0. The largest absolute Gasteiger partial charge is 0.523 e. The quantitative estimate of drug-likeness (QED) is 0.464. The van der Waals surface area contributed by atoms with E-state index in [2.05, 4.69) is 9.17 Å². The molecule has 0 aromatic carbocycles. The Labute approximate surface area is 133 Å². The van der Waals surface area contributed by atoms with Crippen LogP contribution < -0.4 is 11.4 Å². The van der Waals surface area contributed by atoms with Crippen molar-refractivity contribution in [3.63, 3.8) is 0 Å². The number of rotatable bonds is 4. The number of nitrogen functional groups attached to an aromatic ring is 1. The first-order valence-corrected chi connectivity index (χ1v) is 8.05. The first-order valence-electron chi connectivity index (χ1n) is 6.11. The zero-order chi connectivity index (χ0) is 17.4. The van der Waals surface area contributed by atoms with E-state index in [-0.39, 0.29) is 18.1 Å². The molecule has 0 aliphatic carbocycles. The summed E-state index contributed by atoms with van der Waals surface area (Å²) in [6.07, 6.45) is -2.83. The van der Waals surface area contributed by atoms with E-state index in [0.717, 1.165) is 4.57 Å². The third-order valence-corrected chi connectivity index (χ3v) is 4.40. The van der Waals surface area contributed by atoms with Gasteiger partial charge < -0.3 is 10.5 Å². The molecule has 0 saturated carbocycles. The summed E-state index contributed by atoms with van der Waals surface area (Å²) < 4.78 is 69.7. The van der Waals surface area contributed by atoms with Crippen molar-refractivity contribution >= 4 is 27.5 Å². The molecule has 0 unspecified atom stereocenters. The summed E-state index contributed by atoms with van der Waals surface area (Å²) >= 11 is 5.56. The lowest BCUT2D eigenvalue weighted by Crippen LogP contribution is -2.34. The van der Waals surface area contributed by atoms with Gasteiger partial charge in [-0.15, -0.1) is 11.6 Å². The lowest BCUT2D eigenvalue weighted by molar-refractivity contribution is -0.0603. The third kappa shape index (κ3) is 3.76. The van der Waals surface area contributed by atoms with Crippen LogP contribution in [0, 0.1) is 0 Å². The molecule has 1 aromatic rings. The molecule has 0 bridgehead atoms. The third-order valence-electron chi connectivity index (χ3n) is 3.03. The number of nitrogens with two attached hydrogens (primary N) is 1. The minimum absolute atomic E-state index is 0.0504. The van der Waals surface area contributed by atoms with Gasteiger partial charge in [0.15, 0.2) is 0 Å². The topological polar surface area (TPSA) is 114 Å². The van der Waals surface area contributed by atoms with Gasteiger partial charge in [0.2, 0.25) is 0 Å². The van der Waals surface area contributed by atoms with Gasteiger partial charge in [-0.1, -0.05) is 0 Å². The van der Waals surface area contributed by atoms with E-state index >= 15 is 0 Å². The smallest absolute Gasteiger partial charge is 0.383 e. The minimum Gasteiger partial charge on any atom is -0.383 e. The Kier molecular flexibility index (Phi) is 4.89. The van der Waals surface area contributed by atoms with Gasteiger partial charge in [-0.05, 0) is 6.07 Å². The molecule has 23 heavy (non-hydrogen) atoms. The molecule has 3 atom stereocenters. The van der Waals surface area contributed by atoms with Crippen LogP contribution >= 0.6 is 11.6 Å². The summed E-state index contributed by atoms with van der Waals surface area (Å²) in [5.41, 5.74) is -1.05. The van der Waals surface area contributed by atoms with Crippen LogP contribution in [0.2, 0.25) is 0 Å². The van der Waals surface area contributed by atoms with E-state index in [1.165, 1.54) is 12.3 Å². The van der Waals surface area contributed by atoms with Crippen molar-refractivity contribution in [3.05, 3.63) is 22.7 Å². The van der Waals surface area contributed by atoms with Gasteiger partial charge in [0.1, 0.15) is 24.3 Å². The Hall–Kier alpha value is -1.37. The first-order chi connectivity index (χ1) is 10.5. The molecule has 8 nitrogen and oxygen atoms in total. The van der Waals surface area contributed by atoms with Crippen molar-refractivity contribution < 1.29 is 30.5 Å². The average molecular weight is 378 g/mol. The fourth-order valence-electron chi connectivity index (χ4n) is 1.97. The van der Waals surface area contributed by atoms with Gasteiger partial charge in [-0.2, -0.15) is 26.6 Å². The van der Waals surface area contributed by atoms with E-state index in [0.29, 0.717) is 0 Å². The molecule has 13 heteroatoms. The van der Waals surface area contributed by atoms with E-state index < -0.39 is 39.8 Å². The fourth-order valence-corrected chi connectivity index (χ4v) is 2.88. The number of anilines is 1. The predicted octanol–water partition coefficient (Wildman–Crippen LogP) is 0.587. The van der Waals surface area contributed by atoms with Crippen molar-refractivity contribution in [1.29, 1.82) is 0 Å². The van der Waals surface area contributed by atoms with E-state index in [1.807, 2.05) is 0 Å². The van der Waals surface area contributed by atoms with Crippen LogP contribution in [0.4, 0.5) is 19.0 Å². The van der Waals surface area contributed by atoms with Gasteiger partial charge in [0.05, 0.1) is 5.88 Å². The Morgan fingerprint density at radius 1 is 1.52 bits per heavy atom. The van der Waals surface area contributed by atoms with Gasteiger partial charge in [0, 0.05) is 12.6 Å². The van der Waals surface area contributed by atoms with Crippen LogP contribution in [0.3, 0.4) is 0 Å². The maximum Gasteiger partial charge on any atom is 0.523 e. The highest BCUT2D eigenvalue weighted by Crippen LogP contribution is 2.34. The second kappa shape index (κ2) is 6.26. The lowest BCUT2D eigenvalue weighted by Gasteiger charge is -2.16. The summed E-state index contributed by atoms with van der Waals surface area (Å²) in [5.74, 6) is -0.378. The van der Waals surface area contributed by atoms with E-state index in [4.69, 9.17) is 22.1 Å². The molecular weight excluding hydrogens is 367 g/mol. The molecule has 1 aliphatic heterocycles. The zero-order valence-electron chi connectivity index (χ0n) is 11.2. The van der Waals surface area contributed by atoms with Crippen molar-refractivity contribution in [3.8, 4) is 0 Å². The van der Waals surface area contributed by atoms with Crippen molar-refractivity contribution in [1.82, 2.24) is 9.55 Å². The highest BCUT2D eigenvalue weighted by molar-refractivity contribution is 7.87. The number of alkyl halides is 4. The van der Waals surface area contributed by atoms with Crippen molar-refractivity contribution in [2.75, 3.05) is 11.6 Å². The Morgan fingerprint density at radius 3 is 2.70 bits per heavy atom. The van der Waals surface area contributed by atoms with Gasteiger partial charge in [-0.3, -0.25) is 8.75 Å². The SMILES string of the molecule is Nc1ccn([C@H]2C[C@H](OS(=O)(=O)C(F)(F)F)[C@@H](CCl)O2)c(=O)n1. The van der Waals surface area contributed by atoms with Crippen LogP contribution in [0.1, 0.15) is 12.6 Å². The van der Waals surface area contributed by atoms with Crippen LogP contribution in [0.15, 0.2) is 17.1 Å². The molecule has 130 valence electrons. The highest BCUT2D eigenvalue weighted by Gasteiger charge is 2.51. The summed E-state index contributed by atoms with van der Waals surface area (Å²) in [6.45, 7) is 0. The molecular formula is C10H11ClF3N3O5S. The van der Waals surface area contributed by atoms with Gasteiger partial charge in [0.25, 0.3) is 0 Å². The summed E-state index contributed by atoms with van der Waals surface area (Å²) in [7, 11) is -5.81. The molecule has 2 heterocycles. The monoisotopic (exact) mass is 377 g/mol. The Balaban J connectivity index is 2.23. The van der Waals surface area contributed by atoms with Crippen molar-refractivity contribution in [2.45, 2.75) is 30.4 Å². The zero-order valence-corrected chi connectivity index (χ0v) is 12.8. The standard InChI is InChI=1S/C10H11ClF3N3O5S/c11-4-6-5(22-23(19,20)10(12,13)14)3-8(21-6)17-2-1-7(15)16-9(17)18/h1-2,5-6,8H,3-4H2,(H2,15,16,18)/t5-,6+,8+/m0/s1. The molecule has 0 radical (unpaired) electrons. The van der Waals surface area contributed by atoms with Crippen LogP contribution in [0.25, 0.3) is 0 Å². The summed E-state index contributed by atoms with van der Waals surface area (Å²) in [6, 6.07) is 1.28. The molecule has 1 aliphatic rings. The number of ether oxygens (including phenoxy) is 1. The van der Waals surface area contributed by atoms with Crippen molar-refractivity contribution in [2.24, 2.45) is 0 Å².